The number of nitrogens with zero attached hydrogens (tertiary/aromatic N) is 2. The summed E-state index contributed by atoms with van der Waals surface area (Å²) in [6.45, 7) is 2.16. The van der Waals surface area contributed by atoms with Gasteiger partial charge in [-0.3, -0.25) is 4.31 Å². The van der Waals surface area contributed by atoms with Crippen molar-refractivity contribution in [2.24, 2.45) is 0 Å². The van der Waals surface area contributed by atoms with Crippen LogP contribution in [0.1, 0.15) is 11.3 Å². The van der Waals surface area contributed by atoms with E-state index in [9.17, 15) is 8.42 Å². The molecule has 0 saturated heterocycles. The molecule has 0 bridgehead atoms. The summed E-state index contributed by atoms with van der Waals surface area (Å²) in [5, 5.41) is 0. The molecule has 6 nitrogen and oxygen atoms in total. The molecule has 3 aromatic carbocycles. The molecule has 0 aliphatic heterocycles. The molecular weight excluding hydrogens is 412 g/mol. The number of hydrogen-bond donors (Lipinski definition) is 0. The lowest BCUT2D eigenvalue weighted by atomic mass is 10.2. The Labute approximate surface area is 181 Å². The van der Waals surface area contributed by atoms with Crippen molar-refractivity contribution < 1.29 is 17.6 Å². The van der Waals surface area contributed by atoms with Gasteiger partial charge >= 0.3 is 0 Å². The molecule has 4 rings (SSSR count). The highest BCUT2D eigenvalue weighted by atomic mass is 32.2. The van der Waals surface area contributed by atoms with Gasteiger partial charge in [-0.1, -0.05) is 35.9 Å². The molecule has 4 aromatic rings. The number of oxazole rings is 1. The minimum absolute atomic E-state index is 0.243. The van der Waals surface area contributed by atoms with Crippen LogP contribution in [0.15, 0.2) is 94.4 Å². The van der Waals surface area contributed by atoms with E-state index < -0.39 is 10.0 Å². The van der Waals surface area contributed by atoms with Crippen LogP contribution >= 0.6 is 0 Å². The summed E-state index contributed by atoms with van der Waals surface area (Å²) in [5.74, 6) is 1.15. The van der Waals surface area contributed by atoms with E-state index in [1.54, 1.807) is 54.8 Å². The molecule has 0 amide bonds. The third-order valence-electron chi connectivity index (χ3n) is 4.84. The zero-order chi connectivity index (χ0) is 21.8. The minimum atomic E-state index is -3.63. The van der Waals surface area contributed by atoms with Gasteiger partial charge in [-0.05, 0) is 55.5 Å². The van der Waals surface area contributed by atoms with Gasteiger partial charge in [0.1, 0.15) is 24.3 Å². The molecule has 0 saturated carbocycles. The van der Waals surface area contributed by atoms with Crippen LogP contribution in [0.4, 0.5) is 5.69 Å². The molecule has 0 spiro atoms. The van der Waals surface area contributed by atoms with Crippen molar-refractivity contribution in [2.45, 2.75) is 18.4 Å². The Hall–Kier alpha value is -3.58. The first kappa shape index (κ1) is 20.7. The molecule has 0 atom stereocenters. The third-order valence-corrected chi connectivity index (χ3v) is 6.64. The summed E-state index contributed by atoms with van der Waals surface area (Å²) in [7, 11) is -2.10. The van der Waals surface area contributed by atoms with Crippen molar-refractivity contribution in [3.05, 3.63) is 96.4 Å². The SMILES string of the molecule is Cc1ccc(S(=O)(=O)N(C)c2ccc(OCc3coc(-c4ccccc4)n3)cc2)cc1. The smallest absolute Gasteiger partial charge is 0.264 e. The number of hydrogen-bond acceptors (Lipinski definition) is 5. The lowest BCUT2D eigenvalue weighted by Crippen LogP contribution is -2.26. The van der Waals surface area contributed by atoms with Crippen molar-refractivity contribution >= 4 is 15.7 Å². The quantitative estimate of drug-likeness (QED) is 0.407. The lowest BCUT2D eigenvalue weighted by molar-refractivity contribution is 0.301. The number of ether oxygens (including phenoxy) is 1. The molecule has 0 radical (unpaired) electrons. The van der Waals surface area contributed by atoms with Gasteiger partial charge in [0.25, 0.3) is 10.0 Å². The monoisotopic (exact) mass is 434 g/mol. The van der Waals surface area contributed by atoms with Crippen LogP contribution in [0.25, 0.3) is 11.5 Å². The van der Waals surface area contributed by atoms with Crippen LogP contribution < -0.4 is 9.04 Å². The first-order valence-electron chi connectivity index (χ1n) is 9.72. The van der Waals surface area contributed by atoms with Gasteiger partial charge in [0.05, 0.1) is 10.6 Å². The summed E-state index contributed by atoms with van der Waals surface area (Å²) >= 11 is 0. The van der Waals surface area contributed by atoms with Crippen molar-refractivity contribution in [1.29, 1.82) is 0 Å². The maximum Gasteiger partial charge on any atom is 0.264 e. The predicted molar refractivity (Wildman–Crippen MR) is 119 cm³/mol. The molecule has 0 fully saturated rings. The number of anilines is 1. The number of sulfonamides is 1. The van der Waals surface area contributed by atoms with E-state index in [1.165, 1.54) is 11.4 Å². The summed E-state index contributed by atoms with van der Waals surface area (Å²) < 4.78 is 38.2. The van der Waals surface area contributed by atoms with E-state index in [-0.39, 0.29) is 11.5 Å². The Kier molecular flexibility index (Phi) is 5.77. The normalized spacial score (nSPS) is 11.3. The maximum absolute atomic E-state index is 12.8. The second-order valence-electron chi connectivity index (χ2n) is 7.08. The van der Waals surface area contributed by atoms with E-state index in [0.717, 1.165) is 11.1 Å². The van der Waals surface area contributed by atoms with Gasteiger partial charge in [-0.15, -0.1) is 0 Å². The molecular formula is C24H22N2O4S. The van der Waals surface area contributed by atoms with Crippen LogP contribution in [0.5, 0.6) is 5.75 Å². The Balaban J connectivity index is 1.41. The molecule has 1 aromatic heterocycles. The second kappa shape index (κ2) is 8.65. The van der Waals surface area contributed by atoms with Crippen molar-refractivity contribution in [2.75, 3.05) is 11.4 Å². The largest absolute Gasteiger partial charge is 0.487 e. The average molecular weight is 435 g/mol. The van der Waals surface area contributed by atoms with Gasteiger partial charge in [0, 0.05) is 12.6 Å². The molecule has 0 N–H and O–H groups in total. The van der Waals surface area contributed by atoms with E-state index in [2.05, 4.69) is 4.98 Å². The Morgan fingerprint density at radius 2 is 1.61 bits per heavy atom. The van der Waals surface area contributed by atoms with Crippen molar-refractivity contribution in [1.82, 2.24) is 4.98 Å². The molecule has 31 heavy (non-hydrogen) atoms. The van der Waals surface area contributed by atoms with Gasteiger partial charge in [0.15, 0.2) is 0 Å². The standard InChI is InChI=1S/C24H22N2O4S/c1-18-8-14-23(15-9-18)31(27,28)26(2)21-10-12-22(13-11-21)29-16-20-17-30-24(25-20)19-6-4-3-5-7-19/h3-15,17H,16H2,1-2H3. The number of benzene rings is 3. The first-order valence-corrected chi connectivity index (χ1v) is 11.2. The van der Waals surface area contributed by atoms with Gasteiger partial charge in [0.2, 0.25) is 5.89 Å². The fraction of sp³-hybridized carbons (Fsp3) is 0.125. The fourth-order valence-corrected chi connectivity index (χ4v) is 4.20. The first-order chi connectivity index (χ1) is 14.9. The maximum atomic E-state index is 12.8. The Morgan fingerprint density at radius 1 is 0.935 bits per heavy atom. The van der Waals surface area contributed by atoms with E-state index in [1.807, 2.05) is 37.3 Å². The highest BCUT2D eigenvalue weighted by Gasteiger charge is 2.21. The van der Waals surface area contributed by atoms with Crippen molar-refractivity contribution in [3.8, 4) is 17.2 Å². The number of rotatable bonds is 7. The predicted octanol–water partition coefficient (Wildman–Crippen LogP) is 5.05. The lowest BCUT2D eigenvalue weighted by Gasteiger charge is -2.20. The van der Waals surface area contributed by atoms with E-state index in [0.29, 0.717) is 23.0 Å². The minimum Gasteiger partial charge on any atom is -0.487 e. The number of aromatic nitrogens is 1. The van der Waals surface area contributed by atoms with E-state index >= 15 is 0 Å². The molecule has 0 aliphatic rings. The Morgan fingerprint density at radius 3 is 2.29 bits per heavy atom. The summed E-state index contributed by atoms with van der Waals surface area (Å²) in [5.41, 5.74) is 3.12. The van der Waals surface area contributed by atoms with Gasteiger partial charge in [-0.2, -0.15) is 0 Å². The van der Waals surface area contributed by atoms with Crippen molar-refractivity contribution in [3.63, 3.8) is 0 Å². The average Bonchev–Trinajstić information content (AvgIpc) is 3.27. The van der Waals surface area contributed by atoms with E-state index in [4.69, 9.17) is 9.15 Å². The zero-order valence-electron chi connectivity index (χ0n) is 17.2. The van der Waals surface area contributed by atoms with Crippen LogP contribution in [-0.2, 0) is 16.6 Å². The highest BCUT2D eigenvalue weighted by molar-refractivity contribution is 7.92. The Bertz CT molecular complexity index is 1250. The molecule has 1 heterocycles. The molecule has 7 heteroatoms. The summed E-state index contributed by atoms with van der Waals surface area (Å²) in [4.78, 5) is 4.69. The van der Waals surface area contributed by atoms with Crippen LogP contribution in [0.2, 0.25) is 0 Å². The zero-order valence-corrected chi connectivity index (χ0v) is 18.0. The molecule has 0 aliphatic carbocycles. The van der Waals surface area contributed by atoms with Gasteiger partial charge in [-0.25, -0.2) is 13.4 Å². The van der Waals surface area contributed by atoms with Crippen LogP contribution in [0.3, 0.4) is 0 Å². The topological polar surface area (TPSA) is 72.6 Å². The highest BCUT2D eigenvalue weighted by Crippen LogP contribution is 2.25. The van der Waals surface area contributed by atoms with Crippen LogP contribution in [-0.4, -0.2) is 20.4 Å². The summed E-state index contributed by atoms with van der Waals surface area (Å²) in [6, 6.07) is 23.3. The van der Waals surface area contributed by atoms with Crippen LogP contribution in [0, 0.1) is 6.92 Å². The van der Waals surface area contributed by atoms with Gasteiger partial charge < -0.3 is 9.15 Å². The number of aryl methyl sites for hydroxylation is 1. The third kappa shape index (κ3) is 4.62. The molecule has 0 unspecified atom stereocenters. The molecule has 158 valence electrons. The summed E-state index contributed by atoms with van der Waals surface area (Å²) in [6.07, 6.45) is 1.57. The second-order valence-corrected chi connectivity index (χ2v) is 9.05. The fourth-order valence-electron chi connectivity index (χ4n) is 3.00.